The van der Waals surface area contributed by atoms with Crippen LogP contribution in [0.15, 0.2) is 135 Å². The highest BCUT2D eigenvalue weighted by Crippen LogP contribution is 2.40. The van der Waals surface area contributed by atoms with Gasteiger partial charge in [0.25, 0.3) is 0 Å². The standard InChI is InChI=1S/C40H26N4OS/c1-2-7-25-20-26(12-11-23(25)6-1)38-42-39(44-40(43-38)28-13-16-30-29-9-3-4-10-34(29)46-35(30)22-28)27-14-17-31-33(21-27)45-32-18-15-24-8-5-19-41-37(24)36(31)32/h1-4,6-7,9-22,40H,5,8H2,(H,42,43,44). The Morgan fingerprint density at radius 1 is 0.696 bits per heavy atom. The molecule has 5 nitrogen and oxygen atoms in total. The van der Waals surface area contributed by atoms with E-state index in [0.717, 1.165) is 68.4 Å². The minimum absolute atomic E-state index is 0.309. The number of nitrogens with zero attached hydrogens (tertiary/aromatic N) is 3. The number of aliphatic imine (C=N–C) groups is 3. The van der Waals surface area contributed by atoms with Crippen molar-refractivity contribution in [1.82, 2.24) is 5.32 Å². The zero-order chi connectivity index (χ0) is 30.2. The highest BCUT2D eigenvalue weighted by Gasteiger charge is 2.23. The molecule has 2 aliphatic heterocycles. The van der Waals surface area contributed by atoms with Crippen LogP contribution >= 0.6 is 11.3 Å². The average molecular weight is 611 g/mol. The van der Waals surface area contributed by atoms with E-state index in [2.05, 4.69) is 121 Å². The van der Waals surface area contributed by atoms with Crippen LogP contribution in [0.3, 0.4) is 0 Å². The quantitative estimate of drug-likeness (QED) is 0.216. The van der Waals surface area contributed by atoms with Crippen molar-refractivity contribution in [3.05, 3.63) is 138 Å². The second kappa shape index (κ2) is 9.96. The van der Waals surface area contributed by atoms with Crippen molar-refractivity contribution in [3.8, 4) is 0 Å². The van der Waals surface area contributed by atoms with E-state index in [1.165, 1.54) is 31.1 Å². The van der Waals surface area contributed by atoms with Gasteiger partial charge in [-0.25, -0.2) is 9.98 Å². The fourth-order valence-corrected chi connectivity index (χ4v) is 8.06. The molecule has 4 heterocycles. The van der Waals surface area contributed by atoms with Gasteiger partial charge in [0.1, 0.15) is 23.2 Å². The lowest BCUT2D eigenvalue weighted by atomic mass is 10.00. The van der Waals surface area contributed by atoms with Gasteiger partial charge in [0.05, 0.1) is 11.1 Å². The highest BCUT2D eigenvalue weighted by atomic mass is 32.1. The topological polar surface area (TPSA) is 62.2 Å². The molecule has 6 aromatic carbocycles. The third-order valence-electron chi connectivity index (χ3n) is 9.20. The van der Waals surface area contributed by atoms with E-state index in [-0.39, 0.29) is 6.17 Å². The molecule has 2 aliphatic rings. The van der Waals surface area contributed by atoms with E-state index in [9.17, 15) is 0 Å². The number of thiophene rings is 1. The van der Waals surface area contributed by atoms with Crippen LogP contribution in [0, 0.1) is 0 Å². The molecule has 0 amide bonds. The van der Waals surface area contributed by atoms with E-state index >= 15 is 0 Å². The number of fused-ring (bicyclic) bond motifs is 9. The summed E-state index contributed by atoms with van der Waals surface area (Å²) in [4.78, 5) is 15.1. The summed E-state index contributed by atoms with van der Waals surface area (Å²) in [5.74, 6) is 1.47. The summed E-state index contributed by atoms with van der Waals surface area (Å²) in [7, 11) is 0. The van der Waals surface area contributed by atoms with Crippen molar-refractivity contribution in [3.63, 3.8) is 0 Å². The van der Waals surface area contributed by atoms with Gasteiger partial charge in [0, 0.05) is 42.9 Å². The Hall–Kier alpha value is -5.59. The van der Waals surface area contributed by atoms with Crippen molar-refractivity contribution < 1.29 is 4.42 Å². The summed E-state index contributed by atoms with van der Waals surface area (Å²) in [6.45, 7) is 0. The fraction of sp³-hybridized carbons (Fsp3) is 0.0750. The molecule has 6 heteroatoms. The van der Waals surface area contributed by atoms with Crippen LogP contribution in [-0.2, 0) is 6.42 Å². The van der Waals surface area contributed by atoms with E-state index in [4.69, 9.17) is 19.4 Å². The minimum atomic E-state index is -0.309. The second-order valence-corrected chi connectivity index (χ2v) is 13.1. The molecule has 1 N–H and O–H groups in total. The van der Waals surface area contributed by atoms with Gasteiger partial charge in [-0.15, -0.1) is 11.3 Å². The molecule has 2 aromatic heterocycles. The van der Waals surface area contributed by atoms with Gasteiger partial charge in [-0.1, -0.05) is 78.9 Å². The van der Waals surface area contributed by atoms with Crippen LogP contribution in [0.4, 0.5) is 5.69 Å². The number of aryl methyl sites for hydroxylation is 1. The van der Waals surface area contributed by atoms with E-state index in [0.29, 0.717) is 5.84 Å². The van der Waals surface area contributed by atoms with Crippen molar-refractivity contribution in [1.29, 1.82) is 0 Å². The van der Waals surface area contributed by atoms with E-state index in [1.807, 2.05) is 17.6 Å². The molecule has 0 saturated heterocycles. The van der Waals surface area contributed by atoms with Crippen LogP contribution < -0.4 is 5.32 Å². The molecule has 0 radical (unpaired) electrons. The minimum Gasteiger partial charge on any atom is -0.456 e. The number of rotatable bonds is 3. The monoisotopic (exact) mass is 610 g/mol. The fourth-order valence-electron chi connectivity index (χ4n) is 6.90. The molecule has 0 saturated carbocycles. The highest BCUT2D eigenvalue weighted by molar-refractivity contribution is 7.25. The molecule has 218 valence electrons. The van der Waals surface area contributed by atoms with Gasteiger partial charge in [-0.2, -0.15) is 0 Å². The Labute approximate surface area is 268 Å². The van der Waals surface area contributed by atoms with Crippen LogP contribution in [-0.4, -0.2) is 17.9 Å². The maximum Gasteiger partial charge on any atom is 0.159 e. The first-order valence-corrected chi connectivity index (χ1v) is 16.4. The van der Waals surface area contributed by atoms with E-state index in [1.54, 1.807) is 0 Å². The zero-order valence-corrected chi connectivity index (χ0v) is 25.5. The predicted octanol–water partition coefficient (Wildman–Crippen LogP) is 10.3. The molecule has 0 bridgehead atoms. The number of hydrogen-bond acceptors (Lipinski definition) is 6. The molecule has 0 aliphatic carbocycles. The number of amidine groups is 2. The van der Waals surface area contributed by atoms with Gasteiger partial charge in [0.15, 0.2) is 5.84 Å². The van der Waals surface area contributed by atoms with Crippen LogP contribution in [0.25, 0.3) is 52.9 Å². The first-order valence-electron chi connectivity index (χ1n) is 15.6. The SMILES string of the molecule is C1=Nc2c(ccc3oc4cc(C5=NC(c6ccc7ccccc7c6)=NC(c6ccc7c(c6)sc6ccccc67)N5)ccc4c23)CC1. The second-order valence-electron chi connectivity index (χ2n) is 12.0. The van der Waals surface area contributed by atoms with Crippen LogP contribution in [0.1, 0.15) is 34.8 Å². The predicted molar refractivity (Wildman–Crippen MR) is 192 cm³/mol. The Morgan fingerprint density at radius 3 is 2.52 bits per heavy atom. The molecular formula is C40H26N4OS. The van der Waals surface area contributed by atoms with E-state index < -0.39 is 0 Å². The molecular weight excluding hydrogens is 585 g/mol. The lowest BCUT2D eigenvalue weighted by molar-refractivity contribution is 0.666. The number of hydrogen-bond donors (Lipinski definition) is 1. The van der Waals surface area contributed by atoms with Crippen LogP contribution in [0.5, 0.6) is 0 Å². The number of nitrogens with one attached hydrogen (secondary N) is 1. The van der Waals surface area contributed by atoms with Gasteiger partial charge >= 0.3 is 0 Å². The lowest BCUT2D eigenvalue weighted by Crippen LogP contribution is -2.33. The Bertz CT molecular complexity index is 2640. The van der Waals surface area contributed by atoms with Gasteiger partial charge < -0.3 is 9.73 Å². The van der Waals surface area contributed by atoms with Crippen molar-refractivity contribution >= 4 is 87.8 Å². The summed E-state index contributed by atoms with van der Waals surface area (Å²) in [5.41, 5.74) is 7.02. The maximum absolute atomic E-state index is 6.41. The van der Waals surface area contributed by atoms with Crippen molar-refractivity contribution in [2.75, 3.05) is 0 Å². The Balaban J connectivity index is 1.12. The van der Waals surface area contributed by atoms with Crippen molar-refractivity contribution in [2.24, 2.45) is 15.0 Å². The summed E-state index contributed by atoms with van der Waals surface area (Å²) < 4.78 is 8.96. The lowest BCUT2D eigenvalue weighted by Gasteiger charge is -2.24. The van der Waals surface area contributed by atoms with Crippen LogP contribution in [0.2, 0.25) is 0 Å². The summed E-state index contributed by atoms with van der Waals surface area (Å²) in [5, 5.41) is 10.7. The third-order valence-corrected chi connectivity index (χ3v) is 10.3. The summed E-state index contributed by atoms with van der Waals surface area (Å²) in [6.07, 6.45) is 3.68. The molecule has 8 aromatic rings. The molecule has 1 unspecified atom stereocenters. The van der Waals surface area contributed by atoms with Gasteiger partial charge in [-0.3, -0.25) is 4.99 Å². The third kappa shape index (κ3) is 4.04. The first kappa shape index (κ1) is 25.7. The van der Waals surface area contributed by atoms with Gasteiger partial charge in [0.2, 0.25) is 0 Å². The summed E-state index contributed by atoms with van der Waals surface area (Å²) in [6, 6.07) is 40.7. The number of furan rings is 1. The molecule has 0 fully saturated rings. The summed E-state index contributed by atoms with van der Waals surface area (Å²) >= 11 is 1.82. The average Bonchev–Trinajstić information content (AvgIpc) is 3.69. The molecule has 10 rings (SSSR count). The molecule has 46 heavy (non-hydrogen) atoms. The molecule has 0 spiro atoms. The zero-order valence-electron chi connectivity index (χ0n) is 24.7. The Kier molecular flexibility index (Phi) is 5.57. The Morgan fingerprint density at radius 2 is 1.54 bits per heavy atom. The van der Waals surface area contributed by atoms with Crippen molar-refractivity contribution in [2.45, 2.75) is 19.0 Å². The molecule has 1 atom stereocenters. The number of benzene rings is 6. The van der Waals surface area contributed by atoms with Gasteiger partial charge in [-0.05, 0) is 71.1 Å². The largest absolute Gasteiger partial charge is 0.456 e. The first-order chi connectivity index (χ1) is 22.7. The smallest absolute Gasteiger partial charge is 0.159 e. The normalized spacial score (nSPS) is 16.2. The maximum atomic E-state index is 6.41.